The maximum atomic E-state index is 8.96. The molecule has 5 aromatic carbocycles. The number of rotatable bonds is 24. The van der Waals surface area contributed by atoms with Crippen molar-refractivity contribution in [2.24, 2.45) is 20.5 Å². The summed E-state index contributed by atoms with van der Waals surface area (Å²) in [6, 6.07) is 41.4. The van der Waals surface area contributed by atoms with Crippen LogP contribution in [0.15, 0.2) is 148 Å². The molecule has 6 rings (SSSR count). The second-order valence-electron chi connectivity index (χ2n) is 15.2. The fourth-order valence-electron chi connectivity index (χ4n) is 6.44. The van der Waals surface area contributed by atoms with Crippen LogP contribution in [0.4, 0.5) is 34.6 Å². The monoisotopic (exact) mass is 851 g/mol. The van der Waals surface area contributed by atoms with Crippen LogP contribution >= 0.6 is 0 Å². The smallest absolute Gasteiger partial charge is 0.230 e. The van der Waals surface area contributed by atoms with Crippen molar-refractivity contribution < 1.29 is 9.47 Å². The molecule has 0 atom stereocenters. The van der Waals surface area contributed by atoms with Crippen LogP contribution in [-0.4, -0.2) is 55.4 Å². The molecular weight excluding hydrogens is 799 g/mol. The highest BCUT2D eigenvalue weighted by Gasteiger charge is 2.15. The molecule has 6 aromatic rings. The van der Waals surface area contributed by atoms with Crippen LogP contribution in [-0.2, 0) is 0 Å². The number of nitrogens with zero attached hydrogens (tertiary/aromatic N) is 11. The van der Waals surface area contributed by atoms with Gasteiger partial charge in [0, 0.05) is 32.7 Å². The molecule has 1 aromatic heterocycles. The molecule has 0 amide bonds. The van der Waals surface area contributed by atoms with E-state index in [-0.39, 0.29) is 0 Å². The molecule has 0 aliphatic rings. The number of hydrogen-bond acceptors (Lipinski definition) is 13. The summed E-state index contributed by atoms with van der Waals surface area (Å²) < 4.78 is 12.0. The summed E-state index contributed by atoms with van der Waals surface area (Å²) in [6.07, 6.45) is 9.94. The topological polar surface area (TPSA) is 161 Å². The average molecular weight is 852 g/mol. The highest BCUT2D eigenvalue weighted by Crippen LogP contribution is 2.25. The SMILES string of the molecule is C=Cc1ccc(-c2nc(N(C)CCCCCCOc3ccc(N=Nc4ccc(C#N)cc4)cc3)nc(N(C)CCCCCCOc3ccc(N=Nc4ccc(C#N)cc4)cc3)n2)cc1. The van der Waals surface area contributed by atoms with Crippen molar-refractivity contribution in [1.29, 1.82) is 10.5 Å². The van der Waals surface area contributed by atoms with Crippen molar-refractivity contribution in [2.45, 2.75) is 51.4 Å². The lowest BCUT2D eigenvalue weighted by molar-refractivity contribution is 0.304. The lowest BCUT2D eigenvalue weighted by Crippen LogP contribution is -2.26. The summed E-state index contributed by atoms with van der Waals surface area (Å²) in [4.78, 5) is 19.0. The third-order valence-electron chi connectivity index (χ3n) is 10.2. The number of anilines is 2. The zero-order valence-electron chi connectivity index (χ0n) is 36.6. The molecular formula is C51H53N11O2. The van der Waals surface area contributed by atoms with Crippen LogP contribution in [0.2, 0.25) is 0 Å². The van der Waals surface area contributed by atoms with Crippen molar-refractivity contribution in [2.75, 3.05) is 50.2 Å². The minimum atomic E-state index is 0.591. The molecule has 0 fully saturated rings. The quantitative estimate of drug-likeness (QED) is 0.0426. The average Bonchev–Trinajstić information content (AvgIpc) is 3.35. The van der Waals surface area contributed by atoms with Gasteiger partial charge in [0.25, 0.3) is 0 Å². The van der Waals surface area contributed by atoms with Gasteiger partial charge in [-0.2, -0.15) is 45.9 Å². The number of hydrogen-bond donors (Lipinski definition) is 0. The van der Waals surface area contributed by atoms with Crippen molar-refractivity contribution in [3.63, 3.8) is 0 Å². The van der Waals surface area contributed by atoms with E-state index in [1.807, 2.05) is 93.0 Å². The van der Waals surface area contributed by atoms with E-state index in [0.717, 1.165) is 98.5 Å². The summed E-state index contributed by atoms with van der Waals surface area (Å²) in [5, 5.41) is 34.9. The van der Waals surface area contributed by atoms with Gasteiger partial charge in [0.05, 0.1) is 59.2 Å². The number of aromatic nitrogens is 3. The van der Waals surface area contributed by atoms with Crippen molar-refractivity contribution >= 4 is 40.7 Å². The van der Waals surface area contributed by atoms with Crippen LogP contribution in [0, 0.1) is 22.7 Å². The molecule has 0 saturated heterocycles. The molecule has 0 radical (unpaired) electrons. The van der Waals surface area contributed by atoms with Crippen LogP contribution < -0.4 is 19.3 Å². The Labute approximate surface area is 376 Å². The summed E-state index contributed by atoms with van der Waals surface area (Å²) in [7, 11) is 4.09. The number of azo groups is 2. The number of nitriles is 2. The largest absolute Gasteiger partial charge is 0.494 e. The van der Waals surface area contributed by atoms with Crippen LogP contribution in [0.5, 0.6) is 11.5 Å². The van der Waals surface area contributed by atoms with Gasteiger partial charge in [-0.1, -0.05) is 62.6 Å². The van der Waals surface area contributed by atoms with E-state index in [9.17, 15) is 0 Å². The maximum Gasteiger partial charge on any atom is 0.230 e. The van der Waals surface area contributed by atoms with Gasteiger partial charge in [0.2, 0.25) is 11.9 Å². The molecule has 0 saturated carbocycles. The molecule has 0 bridgehead atoms. The van der Waals surface area contributed by atoms with E-state index in [0.29, 0.717) is 53.4 Å². The molecule has 0 unspecified atom stereocenters. The van der Waals surface area contributed by atoms with Gasteiger partial charge in [0.15, 0.2) is 5.82 Å². The summed E-state index contributed by atoms with van der Waals surface area (Å²) in [6.45, 7) is 6.80. The van der Waals surface area contributed by atoms with Gasteiger partial charge in [-0.3, -0.25) is 0 Å². The molecule has 1 heterocycles. The minimum Gasteiger partial charge on any atom is -0.494 e. The molecule has 0 N–H and O–H groups in total. The van der Waals surface area contributed by atoms with Crippen LogP contribution in [0.25, 0.3) is 17.5 Å². The molecule has 13 heteroatoms. The first-order valence-electron chi connectivity index (χ1n) is 21.6. The zero-order chi connectivity index (χ0) is 44.8. The van der Waals surface area contributed by atoms with E-state index in [2.05, 4.69) is 49.0 Å². The van der Waals surface area contributed by atoms with E-state index in [1.54, 1.807) is 48.5 Å². The first-order chi connectivity index (χ1) is 31.4. The van der Waals surface area contributed by atoms with E-state index in [4.69, 9.17) is 34.9 Å². The normalized spacial score (nSPS) is 11.0. The van der Waals surface area contributed by atoms with Gasteiger partial charge in [0.1, 0.15) is 11.5 Å². The van der Waals surface area contributed by atoms with Crippen molar-refractivity contribution in [3.05, 3.63) is 145 Å². The second kappa shape index (κ2) is 24.6. The van der Waals surface area contributed by atoms with Crippen LogP contribution in [0.3, 0.4) is 0 Å². The number of benzene rings is 5. The lowest BCUT2D eigenvalue weighted by Gasteiger charge is -2.22. The van der Waals surface area contributed by atoms with Gasteiger partial charge in [-0.15, -0.1) is 0 Å². The molecule has 0 spiro atoms. The number of unbranched alkanes of at least 4 members (excludes halogenated alkanes) is 6. The summed E-state index contributed by atoms with van der Waals surface area (Å²) >= 11 is 0. The Hall–Kier alpha value is -7.77. The first-order valence-corrected chi connectivity index (χ1v) is 21.6. The highest BCUT2D eigenvalue weighted by atomic mass is 16.5. The molecule has 0 aliphatic carbocycles. The third kappa shape index (κ3) is 14.7. The van der Waals surface area contributed by atoms with Gasteiger partial charge in [-0.05, 0) is 128 Å². The maximum absolute atomic E-state index is 8.96. The predicted molar refractivity (Wildman–Crippen MR) is 253 cm³/mol. The summed E-state index contributed by atoms with van der Waals surface area (Å²) in [5.74, 6) is 3.56. The Morgan fingerprint density at radius 3 is 1.25 bits per heavy atom. The molecule has 13 nitrogen and oxygen atoms in total. The first kappa shape index (κ1) is 45.7. The van der Waals surface area contributed by atoms with Gasteiger partial charge >= 0.3 is 0 Å². The minimum absolute atomic E-state index is 0.591. The van der Waals surface area contributed by atoms with Crippen molar-refractivity contribution in [1.82, 2.24) is 15.0 Å². The van der Waals surface area contributed by atoms with Gasteiger partial charge in [-0.25, -0.2) is 0 Å². The Morgan fingerprint density at radius 1 is 0.500 bits per heavy atom. The second-order valence-corrected chi connectivity index (χ2v) is 15.2. The van der Waals surface area contributed by atoms with Gasteiger partial charge < -0.3 is 19.3 Å². The lowest BCUT2D eigenvalue weighted by atomic mass is 10.1. The predicted octanol–water partition coefficient (Wildman–Crippen LogP) is 12.9. The Kier molecular flexibility index (Phi) is 17.6. The highest BCUT2D eigenvalue weighted by molar-refractivity contribution is 5.61. The number of ether oxygens (including phenoxy) is 2. The molecule has 0 aliphatic heterocycles. The fourth-order valence-corrected chi connectivity index (χ4v) is 6.44. The van der Waals surface area contributed by atoms with Crippen LogP contribution in [0.1, 0.15) is 68.1 Å². The third-order valence-corrected chi connectivity index (χ3v) is 10.2. The summed E-state index contributed by atoms with van der Waals surface area (Å²) in [5.41, 5.74) is 6.00. The Morgan fingerprint density at radius 2 is 0.875 bits per heavy atom. The zero-order valence-corrected chi connectivity index (χ0v) is 36.6. The Balaban J connectivity index is 0.905. The standard InChI is InChI=1S/C51H53N11O2/c1-4-39-13-19-42(20-14-39)49-54-50(61(2)33-9-5-7-11-35-63-47-29-25-45(26-30-47)59-57-43-21-15-40(37-52)16-22-43)56-51(55-49)62(3)34-10-6-8-12-36-64-48-31-27-46(28-32-48)60-58-44-23-17-41(38-53)18-24-44/h4,13-32H,1,5-12,33-36H2,2-3H3. The fraction of sp³-hybridized carbons (Fsp3) is 0.275. The Bertz CT molecular complexity index is 2360. The van der Waals surface area contributed by atoms with E-state index < -0.39 is 0 Å². The van der Waals surface area contributed by atoms with E-state index in [1.165, 1.54) is 0 Å². The molecule has 64 heavy (non-hydrogen) atoms. The van der Waals surface area contributed by atoms with Crippen molar-refractivity contribution in [3.8, 4) is 35.0 Å². The van der Waals surface area contributed by atoms with E-state index >= 15 is 0 Å². The molecule has 324 valence electrons.